The van der Waals surface area contributed by atoms with E-state index in [1.165, 1.54) is 51.1 Å². The number of rotatable bonds is 6. The molecule has 4 nitrogen and oxygen atoms in total. The van der Waals surface area contributed by atoms with Gasteiger partial charge in [0.05, 0.1) is 5.69 Å². The maximum absolute atomic E-state index is 4.78. The second-order valence-corrected chi connectivity index (χ2v) is 8.40. The van der Waals surface area contributed by atoms with Gasteiger partial charge in [-0.3, -0.25) is 9.80 Å². The number of nitrogens with zero attached hydrogens (tertiary/aromatic N) is 4. The van der Waals surface area contributed by atoms with Crippen molar-refractivity contribution in [2.24, 2.45) is 11.8 Å². The van der Waals surface area contributed by atoms with Crippen LogP contribution in [-0.2, 0) is 6.54 Å². The highest BCUT2D eigenvalue weighted by atomic mass is 15.2. The molecule has 0 aromatic carbocycles. The van der Waals surface area contributed by atoms with Crippen molar-refractivity contribution in [3.8, 4) is 0 Å². The molecule has 0 radical (unpaired) electrons. The highest BCUT2D eigenvalue weighted by Crippen LogP contribution is 2.32. The lowest BCUT2D eigenvalue weighted by atomic mass is 10.0. The fourth-order valence-electron chi connectivity index (χ4n) is 3.78. The Balaban J connectivity index is 1.66. The van der Waals surface area contributed by atoms with Gasteiger partial charge in [0.2, 0.25) is 0 Å². The molecule has 2 aliphatic rings. The molecule has 1 aromatic heterocycles. The van der Waals surface area contributed by atoms with Crippen LogP contribution in [0.4, 0.5) is 0 Å². The summed E-state index contributed by atoms with van der Waals surface area (Å²) >= 11 is 0. The second kappa shape index (κ2) is 7.92. The normalized spacial score (nSPS) is 23.8. The SMILES string of the molecule is CC(C)c1nccc(CN2CCCN(CC3CC3)C(C(C)C)C2)n1. The average Bonchev–Trinajstić information content (AvgIpc) is 3.36. The molecule has 134 valence electrons. The van der Waals surface area contributed by atoms with Crippen LogP contribution in [0.3, 0.4) is 0 Å². The minimum Gasteiger partial charge on any atom is -0.299 e. The molecule has 1 aliphatic heterocycles. The lowest BCUT2D eigenvalue weighted by molar-refractivity contribution is 0.131. The molecular formula is C20H34N4. The summed E-state index contributed by atoms with van der Waals surface area (Å²) in [5.74, 6) is 3.05. The predicted octanol–water partition coefficient (Wildman–Crippen LogP) is 3.54. The quantitative estimate of drug-likeness (QED) is 0.798. The largest absolute Gasteiger partial charge is 0.299 e. The average molecular weight is 331 g/mol. The van der Waals surface area contributed by atoms with Gasteiger partial charge >= 0.3 is 0 Å². The van der Waals surface area contributed by atoms with Crippen LogP contribution in [0.1, 0.15) is 64.4 Å². The summed E-state index contributed by atoms with van der Waals surface area (Å²) in [7, 11) is 0. The van der Waals surface area contributed by atoms with E-state index in [0.29, 0.717) is 17.9 Å². The zero-order chi connectivity index (χ0) is 17.1. The van der Waals surface area contributed by atoms with E-state index in [1.807, 2.05) is 6.20 Å². The molecule has 0 spiro atoms. The molecule has 24 heavy (non-hydrogen) atoms. The van der Waals surface area contributed by atoms with E-state index in [0.717, 1.165) is 18.3 Å². The maximum atomic E-state index is 4.78. The molecule has 1 saturated carbocycles. The van der Waals surface area contributed by atoms with Gasteiger partial charge in [0.1, 0.15) is 5.82 Å². The summed E-state index contributed by atoms with van der Waals surface area (Å²) in [4.78, 5) is 14.6. The summed E-state index contributed by atoms with van der Waals surface area (Å²) in [6, 6.07) is 2.77. The molecule has 0 amide bonds. The van der Waals surface area contributed by atoms with Gasteiger partial charge in [0.15, 0.2) is 0 Å². The van der Waals surface area contributed by atoms with Crippen LogP contribution in [0.15, 0.2) is 12.3 Å². The molecule has 1 saturated heterocycles. The highest BCUT2D eigenvalue weighted by Gasteiger charge is 2.32. The zero-order valence-electron chi connectivity index (χ0n) is 15.9. The molecule has 2 fully saturated rings. The lowest BCUT2D eigenvalue weighted by Crippen LogP contribution is -2.45. The van der Waals surface area contributed by atoms with Crippen LogP contribution in [0.5, 0.6) is 0 Å². The van der Waals surface area contributed by atoms with Crippen molar-refractivity contribution in [1.29, 1.82) is 0 Å². The van der Waals surface area contributed by atoms with E-state index in [4.69, 9.17) is 4.98 Å². The number of hydrogen-bond acceptors (Lipinski definition) is 4. The molecule has 0 bridgehead atoms. The van der Waals surface area contributed by atoms with Gasteiger partial charge in [0, 0.05) is 37.8 Å². The summed E-state index contributed by atoms with van der Waals surface area (Å²) in [6.07, 6.45) is 6.10. The fraction of sp³-hybridized carbons (Fsp3) is 0.800. The Morgan fingerprint density at radius 2 is 1.96 bits per heavy atom. The molecule has 1 atom stereocenters. The Kier molecular flexibility index (Phi) is 5.88. The van der Waals surface area contributed by atoms with Crippen molar-refractivity contribution in [3.05, 3.63) is 23.8 Å². The third-order valence-electron chi connectivity index (χ3n) is 5.43. The van der Waals surface area contributed by atoms with Gasteiger partial charge in [-0.05, 0) is 50.3 Å². The van der Waals surface area contributed by atoms with Crippen molar-refractivity contribution in [1.82, 2.24) is 19.8 Å². The Morgan fingerprint density at radius 3 is 2.62 bits per heavy atom. The van der Waals surface area contributed by atoms with Crippen LogP contribution in [0.25, 0.3) is 0 Å². The summed E-state index contributed by atoms with van der Waals surface area (Å²) in [5, 5.41) is 0. The van der Waals surface area contributed by atoms with E-state index >= 15 is 0 Å². The Hall–Kier alpha value is -1.00. The van der Waals surface area contributed by atoms with E-state index < -0.39 is 0 Å². The Morgan fingerprint density at radius 1 is 1.17 bits per heavy atom. The Labute approximate surface area is 147 Å². The molecule has 4 heteroatoms. The second-order valence-electron chi connectivity index (χ2n) is 8.40. The first kappa shape index (κ1) is 17.8. The van der Waals surface area contributed by atoms with Gasteiger partial charge in [-0.1, -0.05) is 27.7 Å². The lowest BCUT2D eigenvalue weighted by Gasteiger charge is -2.34. The van der Waals surface area contributed by atoms with Crippen molar-refractivity contribution < 1.29 is 0 Å². The van der Waals surface area contributed by atoms with Gasteiger partial charge in [-0.25, -0.2) is 9.97 Å². The number of aromatic nitrogens is 2. The van der Waals surface area contributed by atoms with Gasteiger partial charge in [-0.15, -0.1) is 0 Å². The highest BCUT2D eigenvalue weighted by molar-refractivity contribution is 5.05. The number of hydrogen-bond donors (Lipinski definition) is 0. The van der Waals surface area contributed by atoms with Crippen LogP contribution < -0.4 is 0 Å². The predicted molar refractivity (Wildman–Crippen MR) is 98.9 cm³/mol. The van der Waals surface area contributed by atoms with Crippen molar-refractivity contribution >= 4 is 0 Å². The third-order valence-corrected chi connectivity index (χ3v) is 5.43. The topological polar surface area (TPSA) is 32.3 Å². The first-order valence-corrected chi connectivity index (χ1v) is 9.81. The molecule has 1 aliphatic carbocycles. The van der Waals surface area contributed by atoms with Crippen LogP contribution in [-0.4, -0.2) is 52.0 Å². The van der Waals surface area contributed by atoms with Crippen molar-refractivity contribution in [3.63, 3.8) is 0 Å². The molecule has 1 unspecified atom stereocenters. The molecule has 3 rings (SSSR count). The first-order chi connectivity index (χ1) is 11.5. The molecule has 0 N–H and O–H groups in total. The van der Waals surface area contributed by atoms with Crippen LogP contribution >= 0.6 is 0 Å². The Bertz CT molecular complexity index is 524. The zero-order valence-corrected chi connectivity index (χ0v) is 15.9. The first-order valence-electron chi connectivity index (χ1n) is 9.81. The minimum absolute atomic E-state index is 0.395. The van der Waals surface area contributed by atoms with Crippen molar-refractivity contribution in [2.45, 2.75) is 65.5 Å². The van der Waals surface area contributed by atoms with E-state index in [1.54, 1.807) is 0 Å². The van der Waals surface area contributed by atoms with Crippen LogP contribution in [0, 0.1) is 11.8 Å². The van der Waals surface area contributed by atoms with Gasteiger partial charge in [0.25, 0.3) is 0 Å². The third kappa shape index (κ3) is 4.76. The van der Waals surface area contributed by atoms with Gasteiger partial charge < -0.3 is 0 Å². The van der Waals surface area contributed by atoms with Gasteiger partial charge in [-0.2, -0.15) is 0 Å². The van der Waals surface area contributed by atoms with E-state index in [2.05, 4.69) is 48.5 Å². The van der Waals surface area contributed by atoms with Crippen LogP contribution in [0.2, 0.25) is 0 Å². The molecule has 2 heterocycles. The fourth-order valence-corrected chi connectivity index (χ4v) is 3.78. The molecular weight excluding hydrogens is 296 g/mol. The van der Waals surface area contributed by atoms with Crippen molar-refractivity contribution in [2.75, 3.05) is 26.2 Å². The summed E-state index contributed by atoms with van der Waals surface area (Å²) < 4.78 is 0. The standard InChI is InChI=1S/C20H34N4/c1-15(2)19-14-23(10-5-11-24(19)12-17-6-7-17)13-18-8-9-21-20(22-18)16(3)4/h8-9,15-17,19H,5-7,10-14H2,1-4H3. The van der Waals surface area contributed by atoms with E-state index in [-0.39, 0.29) is 0 Å². The summed E-state index contributed by atoms with van der Waals surface area (Å²) in [5.41, 5.74) is 1.17. The minimum atomic E-state index is 0.395. The monoisotopic (exact) mass is 330 g/mol. The molecule has 1 aromatic rings. The maximum Gasteiger partial charge on any atom is 0.131 e. The van der Waals surface area contributed by atoms with E-state index in [9.17, 15) is 0 Å². The smallest absolute Gasteiger partial charge is 0.131 e. The summed E-state index contributed by atoms with van der Waals surface area (Å²) in [6.45, 7) is 15.0.